The summed E-state index contributed by atoms with van der Waals surface area (Å²) in [7, 11) is 4.30. The van der Waals surface area contributed by atoms with Gasteiger partial charge in [-0.2, -0.15) is 0 Å². The number of likely N-dealkylation sites (N-methyl/N-ethyl adjacent to an activating group) is 2. The Kier molecular flexibility index (Phi) is 7.63. The van der Waals surface area contributed by atoms with Crippen molar-refractivity contribution in [1.82, 2.24) is 9.80 Å². The lowest BCUT2D eigenvalue weighted by Gasteiger charge is -2.34. The molecule has 2 aliphatic rings. The maximum Gasteiger partial charge on any atom is 0.0174 e. The molecule has 0 spiro atoms. The van der Waals surface area contributed by atoms with Gasteiger partial charge < -0.3 is 21.3 Å². The van der Waals surface area contributed by atoms with Crippen molar-refractivity contribution in [3.05, 3.63) is 71.8 Å². The van der Waals surface area contributed by atoms with E-state index >= 15 is 0 Å². The van der Waals surface area contributed by atoms with Crippen molar-refractivity contribution in [2.24, 2.45) is 11.5 Å². The van der Waals surface area contributed by atoms with E-state index in [-0.39, 0.29) is 0 Å². The summed E-state index contributed by atoms with van der Waals surface area (Å²) < 4.78 is 0. The zero-order valence-electron chi connectivity index (χ0n) is 17.4. The normalized spacial score (nSPS) is 29.0. The fourth-order valence-corrected chi connectivity index (χ4v) is 4.66. The molecule has 0 radical (unpaired) electrons. The average molecular weight is 381 g/mol. The molecule has 2 fully saturated rings. The summed E-state index contributed by atoms with van der Waals surface area (Å²) in [6.45, 7) is 4.34. The lowest BCUT2D eigenvalue weighted by Crippen LogP contribution is -2.44. The number of nitrogens with zero attached hydrogens (tertiary/aromatic N) is 2. The van der Waals surface area contributed by atoms with Gasteiger partial charge in [0, 0.05) is 38.3 Å². The van der Waals surface area contributed by atoms with Gasteiger partial charge in [0.05, 0.1) is 0 Å². The first-order valence-electron chi connectivity index (χ1n) is 10.5. The van der Waals surface area contributed by atoms with Gasteiger partial charge in [0.1, 0.15) is 0 Å². The highest BCUT2D eigenvalue weighted by molar-refractivity contribution is 5.21. The van der Waals surface area contributed by atoms with Crippen LogP contribution in [0, 0.1) is 0 Å². The zero-order valence-corrected chi connectivity index (χ0v) is 17.4. The third kappa shape index (κ3) is 6.14. The Balaban J connectivity index is 0.000000161. The second-order valence-corrected chi connectivity index (χ2v) is 8.65. The molecule has 152 valence electrons. The van der Waals surface area contributed by atoms with Crippen molar-refractivity contribution < 1.29 is 0 Å². The minimum atomic E-state index is 0.332. The molecule has 2 saturated heterocycles. The first-order valence-corrected chi connectivity index (χ1v) is 10.5. The van der Waals surface area contributed by atoms with E-state index in [0.29, 0.717) is 23.9 Å². The number of piperidine rings is 2. The van der Waals surface area contributed by atoms with Crippen molar-refractivity contribution in [3.8, 4) is 0 Å². The number of nitrogens with two attached hydrogens (primary N) is 2. The van der Waals surface area contributed by atoms with Gasteiger partial charge >= 0.3 is 0 Å². The Bertz CT molecular complexity index is 609. The van der Waals surface area contributed by atoms with Crippen molar-refractivity contribution >= 4 is 0 Å². The first-order chi connectivity index (χ1) is 13.5. The van der Waals surface area contributed by atoms with Gasteiger partial charge in [-0.3, -0.25) is 0 Å². The van der Waals surface area contributed by atoms with E-state index in [4.69, 9.17) is 11.5 Å². The van der Waals surface area contributed by atoms with Crippen LogP contribution in [0.5, 0.6) is 0 Å². The fraction of sp³-hybridized carbons (Fsp3) is 0.500. The third-order valence-electron chi connectivity index (χ3n) is 5.87. The van der Waals surface area contributed by atoms with Crippen LogP contribution in [0.2, 0.25) is 0 Å². The molecule has 0 aliphatic carbocycles. The number of rotatable bonds is 2. The molecule has 2 aromatic carbocycles. The Morgan fingerprint density at radius 1 is 0.607 bits per heavy atom. The summed E-state index contributed by atoms with van der Waals surface area (Å²) in [4.78, 5) is 4.65. The lowest BCUT2D eigenvalue weighted by molar-refractivity contribution is 0.227. The molecule has 4 heteroatoms. The highest BCUT2D eigenvalue weighted by Crippen LogP contribution is 2.26. The van der Waals surface area contributed by atoms with Crippen molar-refractivity contribution in [2.75, 3.05) is 40.3 Å². The minimum absolute atomic E-state index is 0.332. The number of hydrogen-bond donors (Lipinski definition) is 2. The van der Waals surface area contributed by atoms with Crippen LogP contribution in [-0.4, -0.2) is 62.2 Å². The minimum Gasteiger partial charge on any atom is -0.327 e. The molecule has 2 heterocycles. The van der Waals surface area contributed by atoms with Gasteiger partial charge in [-0.15, -0.1) is 0 Å². The molecule has 0 aromatic heterocycles. The van der Waals surface area contributed by atoms with E-state index in [1.54, 1.807) is 0 Å². The van der Waals surface area contributed by atoms with Crippen molar-refractivity contribution in [1.29, 1.82) is 0 Å². The van der Waals surface area contributed by atoms with Gasteiger partial charge in [-0.1, -0.05) is 60.7 Å². The zero-order chi connectivity index (χ0) is 19.9. The second-order valence-electron chi connectivity index (χ2n) is 8.65. The van der Waals surface area contributed by atoms with Crippen LogP contribution in [0.1, 0.15) is 35.8 Å². The summed E-state index contributed by atoms with van der Waals surface area (Å²) in [5.74, 6) is 1.23. The maximum atomic E-state index is 6.01. The molecule has 28 heavy (non-hydrogen) atoms. The fourth-order valence-electron chi connectivity index (χ4n) is 4.66. The summed E-state index contributed by atoms with van der Waals surface area (Å²) in [5, 5.41) is 0. The van der Waals surface area contributed by atoms with E-state index in [1.807, 2.05) is 0 Å². The summed E-state index contributed by atoms with van der Waals surface area (Å²) in [5.41, 5.74) is 14.9. The van der Waals surface area contributed by atoms with Gasteiger partial charge in [0.2, 0.25) is 0 Å². The molecule has 4 N–H and O–H groups in total. The molecule has 4 atom stereocenters. The second kappa shape index (κ2) is 10.2. The van der Waals surface area contributed by atoms with Gasteiger partial charge in [0.25, 0.3) is 0 Å². The monoisotopic (exact) mass is 380 g/mol. The van der Waals surface area contributed by atoms with Crippen LogP contribution in [0.4, 0.5) is 0 Å². The van der Waals surface area contributed by atoms with Crippen LogP contribution in [0.15, 0.2) is 60.7 Å². The van der Waals surface area contributed by atoms with E-state index in [1.165, 1.54) is 11.1 Å². The topological polar surface area (TPSA) is 58.5 Å². The van der Waals surface area contributed by atoms with E-state index in [0.717, 1.165) is 39.0 Å². The van der Waals surface area contributed by atoms with Gasteiger partial charge in [0.15, 0.2) is 0 Å². The Labute approximate surface area is 170 Å². The van der Waals surface area contributed by atoms with Crippen LogP contribution in [-0.2, 0) is 0 Å². The molecular formula is C24H36N4. The first kappa shape index (κ1) is 21.0. The number of hydrogen-bond acceptors (Lipinski definition) is 4. The summed E-state index contributed by atoms with van der Waals surface area (Å²) >= 11 is 0. The predicted octanol–water partition coefficient (Wildman–Crippen LogP) is 2.87. The van der Waals surface area contributed by atoms with E-state index in [2.05, 4.69) is 84.6 Å². The van der Waals surface area contributed by atoms with Crippen LogP contribution >= 0.6 is 0 Å². The van der Waals surface area contributed by atoms with Gasteiger partial charge in [-0.25, -0.2) is 0 Å². The maximum absolute atomic E-state index is 6.01. The van der Waals surface area contributed by atoms with Crippen LogP contribution < -0.4 is 11.5 Å². The molecular weight excluding hydrogens is 344 g/mol. The predicted molar refractivity (Wildman–Crippen MR) is 119 cm³/mol. The molecule has 0 amide bonds. The van der Waals surface area contributed by atoms with E-state index < -0.39 is 0 Å². The molecule has 2 aromatic rings. The smallest absolute Gasteiger partial charge is 0.0174 e. The summed E-state index contributed by atoms with van der Waals surface area (Å²) in [6, 6.07) is 22.0. The molecule has 0 unspecified atom stereocenters. The van der Waals surface area contributed by atoms with Crippen LogP contribution in [0.25, 0.3) is 0 Å². The Morgan fingerprint density at radius 2 is 0.964 bits per heavy atom. The third-order valence-corrected chi connectivity index (χ3v) is 5.87. The Hall–Kier alpha value is -1.72. The SMILES string of the molecule is CN1C[C@@H](N)C[C@@H](c2ccccc2)C1.CN1C[C@H](N)C[C@H](c2ccccc2)C1. The van der Waals surface area contributed by atoms with Crippen molar-refractivity contribution in [2.45, 2.75) is 36.8 Å². The number of benzene rings is 2. The van der Waals surface area contributed by atoms with Crippen molar-refractivity contribution in [3.63, 3.8) is 0 Å². The standard InChI is InChI=1S/2C12H18N2/c2*1-14-8-11(7-12(13)9-14)10-5-3-2-4-6-10/h2*2-6,11-12H,7-9,13H2,1H3/t2*11-,12+/m10/s1. The molecule has 4 nitrogen and oxygen atoms in total. The molecule has 4 rings (SSSR count). The largest absolute Gasteiger partial charge is 0.327 e. The molecule has 0 saturated carbocycles. The average Bonchev–Trinajstić information content (AvgIpc) is 2.68. The Morgan fingerprint density at radius 3 is 1.29 bits per heavy atom. The molecule has 0 bridgehead atoms. The highest BCUT2D eigenvalue weighted by Gasteiger charge is 2.24. The quantitative estimate of drug-likeness (QED) is 0.841. The lowest BCUT2D eigenvalue weighted by atomic mass is 9.89. The van der Waals surface area contributed by atoms with Gasteiger partial charge in [-0.05, 0) is 49.9 Å². The highest BCUT2D eigenvalue weighted by atomic mass is 15.1. The molecule has 2 aliphatic heterocycles. The summed E-state index contributed by atoms with van der Waals surface area (Å²) in [6.07, 6.45) is 2.24. The van der Waals surface area contributed by atoms with E-state index in [9.17, 15) is 0 Å². The van der Waals surface area contributed by atoms with Crippen LogP contribution in [0.3, 0.4) is 0 Å². The number of likely N-dealkylation sites (tertiary alicyclic amines) is 2.